The lowest BCUT2D eigenvalue weighted by Gasteiger charge is -2.41. The number of amides is 2. The van der Waals surface area contributed by atoms with E-state index in [4.69, 9.17) is 9.72 Å². The Morgan fingerprint density at radius 1 is 1.21 bits per heavy atom. The number of hydrogen-bond acceptors (Lipinski definition) is 7. The molecular weight excluding hydrogens is 438 g/mol. The van der Waals surface area contributed by atoms with Gasteiger partial charge in [0.2, 0.25) is 0 Å². The maximum absolute atomic E-state index is 13.5. The molecule has 0 aliphatic carbocycles. The second-order valence-electron chi connectivity index (χ2n) is 8.38. The van der Waals surface area contributed by atoms with E-state index in [1.165, 1.54) is 11.3 Å². The molecule has 0 saturated carbocycles. The minimum absolute atomic E-state index is 0.00192. The molecule has 1 N–H and O–H groups in total. The number of nitrogens with zero attached hydrogens (tertiary/aromatic N) is 4. The van der Waals surface area contributed by atoms with Crippen LogP contribution in [0.4, 0.5) is 5.13 Å². The molecule has 2 amide bonds. The van der Waals surface area contributed by atoms with Crippen LogP contribution in [0, 0.1) is 0 Å². The van der Waals surface area contributed by atoms with E-state index >= 15 is 0 Å². The number of allylic oxidation sites excluding steroid dienone is 2. The van der Waals surface area contributed by atoms with Gasteiger partial charge in [0.1, 0.15) is 11.4 Å². The highest BCUT2D eigenvalue weighted by Gasteiger charge is 2.45. The van der Waals surface area contributed by atoms with Crippen LogP contribution < -0.4 is 5.32 Å². The van der Waals surface area contributed by atoms with Gasteiger partial charge in [-0.15, -0.1) is 0 Å². The number of fused-ring (bicyclic) bond motifs is 1. The molecule has 3 aliphatic heterocycles. The second-order valence-corrected chi connectivity index (χ2v) is 9.47. The summed E-state index contributed by atoms with van der Waals surface area (Å²) in [5, 5.41) is 3.52. The van der Waals surface area contributed by atoms with Crippen LogP contribution in [-0.2, 0) is 20.9 Å². The Morgan fingerprint density at radius 2 is 2.00 bits per heavy atom. The molecule has 0 radical (unpaired) electrons. The van der Waals surface area contributed by atoms with E-state index in [2.05, 4.69) is 15.2 Å². The molecule has 1 saturated heterocycles. The van der Waals surface area contributed by atoms with Crippen molar-refractivity contribution in [2.45, 2.75) is 25.4 Å². The van der Waals surface area contributed by atoms with Gasteiger partial charge >= 0.3 is 0 Å². The van der Waals surface area contributed by atoms with E-state index < -0.39 is 5.54 Å². The van der Waals surface area contributed by atoms with Crippen molar-refractivity contribution in [3.8, 4) is 11.3 Å². The number of anilines is 1. The zero-order valence-electron chi connectivity index (χ0n) is 18.4. The van der Waals surface area contributed by atoms with E-state index in [0.29, 0.717) is 11.0 Å². The van der Waals surface area contributed by atoms with Crippen molar-refractivity contribution < 1.29 is 14.3 Å². The predicted molar refractivity (Wildman–Crippen MR) is 128 cm³/mol. The van der Waals surface area contributed by atoms with Gasteiger partial charge in [-0.25, -0.2) is 4.98 Å². The van der Waals surface area contributed by atoms with Gasteiger partial charge in [0.05, 0.1) is 25.3 Å². The Morgan fingerprint density at radius 3 is 2.79 bits per heavy atom. The summed E-state index contributed by atoms with van der Waals surface area (Å²) in [4.78, 5) is 39.8. The molecule has 0 spiro atoms. The molecular formula is C24H25N5O3S. The fourth-order valence-electron chi connectivity index (χ4n) is 4.21. The summed E-state index contributed by atoms with van der Waals surface area (Å²) >= 11 is 1.48. The fourth-order valence-corrected chi connectivity index (χ4v) is 5.23. The lowest BCUT2D eigenvalue weighted by Crippen LogP contribution is -2.58. The fraction of sp³-hybridized carbons (Fsp3) is 0.333. The molecule has 0 bridgehead atoms. The van der Waals surface area contributed by atoms with Crippen LogP contribution in [0.1, 0.15) is 18.2 Å². The number of amidine groups is 1. The number of rotatable bonds is 5. The molecule has 8 nitrogen and oxygen atoms in total. The Labute approximate surface area is 196 Å². The molecule has 9 heteroatoms. The SMILES string of the molecule is CC1(C(=O)Nc2nc(-c3ccccc3)c(CN3CCOCC3)s2)CC(=O)N=C2C=CC=CN21. The minimum Gasteiger partial charge on any atom is -0.379 e. The van der Waals surface area contributed by atoms with Crippen LogP contribution in [0.25, 0.3) is 11.3 Å². The Balaban J connectivity index is 1.42. The topological polar surface area (TPSA) is 87.1 Å². The van der Waals surface area contributed by atoms with Crippen LogP contribution in [-0.4, -0.2) is 64.3 Å². The molecule has 33 heavy (non-hydrogen) atoms. The van der Waals surface area contributed by atoms with Gasteiger partial charge in [-0.2, -0.15) is 4.99 Å². The predicted octanol–water partition coefficient (Wildman–Crippen LogP) is 3.05. The molecule has 2 aromatic rings. The number of benzene rings is 1. The molecule has 1 atom stereocenters. The lowest BCUT2D eigenvalue weighted by atomic mass is 9.91. The lowest BCUT2D eigenvalue weighted by molar-refractivity contribution is -0.130. The Bertz CT molecular complexity index is 1150. The second kappa shape index (κ2) is 9.01. The summed E-state index contributed by atoms with van der Waals surface area (Å²) < 4.78 is 5.48. The van der Waals surface area contributed by atoms with E-state index in [-0.39, 0.29) is 18.2 Å². The average molecular weight is 464 g/mol. The number of nitrogens with one attached hydrogen (secondary N) is 1. The summed E-state index contributed by atoms with van der Waals surface area (Å²) in [7, 11) is 0. The Hall–Kier alpha value is -3.14. The monoisotopic (exact) mass is 463 g/mol. The number of carbonyl (C=O) groups is 2. The van der Waals surface area contributed by atoms with Crippen LogP contribution >= 0.6 is 11.3 Å². The molecule has 4 heterocycles. The van der Waals surface area contributed by atoms with Crippen LogP contribution in [0.3, 0.4) is 0 Å². The number of aromatic nitrogens is 1. The van der Waals surface area contributed by atoms with Crippen molar-refractivity contribution in [3.05, 3.63) is 59.6 Å². The highest BCUT2D eigenvalue weighted by molar-refractivity contribution is 7.16. The van der Waals surface area contributed by atoms with Gasteiger partial charge in [-0.1, -0.05) is 47.7 Å². The average Bonchev–Trinajstić information content (AvgIpc) is 3.22. The zero-order valence-corrected chi connectivity index (χ0v) is 19.2. The summed E-state index contributed by atoms with van der Waals surface area (Å²) in [6, 6.07) is 9.99. The molecule has 3 aliphatic rings. The summed E-state index contributed by atoms with van der Waals surface area (Å²) in [5.74, 6) is -0.117. The maximum Gasteiger partial charge on any atom is 0.252 e. The molecule has 1 aromatic heterocycles. The molecule has 170 valence electrons. The minimum atomic E-state index is -1.08. The van der Waals surface area contributed by atoms with Gasteiger partial charge in [0.25, 0.3) is 11.8 Å². The van der Waals surface area contributed by atoms with Gasteiger partial charge in [-0.05, 0) is 19.1 Å². The number of thiazole rings is 1. The summed E-state index contributed by atoms with van der Waals surface area (Å²) in [6.45, 7) is 5.68. The van der Waals surface area contributed by atoms with Crippen molar-refractivity contribution in [3.63, 3.8) is 0 Å². The first kappa shape index (κ1) is 21.7. The van der Waals surface area contributed by atoms with Crippen LogP contribution in [0.2, 0.25) is 0 Å². The number of ether oxygens (including phenoxy) is 1. The molecule has 1 unspecified atom stereocenters. The molecule has 5 rings (SSSR count). The first-order valence-corrected chi connectivity index (χ1v) is 11.8. The van der Waals surface area contributed by atoms with Crippen LogP contribution in [0.5, 0.6) is 0 Å². The van der Waals surface area contributed by atoms with Crippen molar-refractivity contribution in [1.82, 2.24) is 14.8 Å². The van der Waals surface area contributed by atoms with Crippen molar-refractivity contribution in [2.75, 3.05) is 31.6 Å². The summed E-state index contributed by atoms with van der Waals surface area (Å²) in [6.07, 6.45) is 7.15. The van der Waals surface area contributed by atoms with E-state index in [9.17, 15) is 9.59 Å². The first-order valence-electron chi connectivity index (χ1n) is 11.0. The number of carbonyl (C=O) groups excluding carboxylic acids is 2. The normalized spacial score (nSPS) is 22.8. The van der Waals surface area contributed by atoms with Crippen molar-refractivity contribution in [1.29, 1.82) is 0 Å². The largest absolute Gasteiger partial charge is 0.379 e. The van der Waals surface area contributed by atoms with Crippen LogP contribution in [0.15, 0.2) is 59.8 Å². The third-order valence-corrected chi connectivity index (χ3v) is 6.99. The van der Waals surface area contributed by atoms with Crippen molar-refractivity contribution in [2.24, 2.45) is 4.99 Å². The standard InChI is InChI=1S/C24H25N5O3S/c1-24(15-20(30)25-19-9-5-6-10-29(19)24)22(31)27-23-26-21(17-7-3-2-4-8-17)18(33-23)16-28-11-13-32-14-12-28/h2-10H,11-16H2,1H3,(H,26,27,31). The third kappa shape index (κ3) is 4.39. The van der Waals surface area contributed by atoms with Crippen molar-refractivity contribution >= 4 is 34.1 Å². The molecule has 1 fully saturated rings. The van der Waals surface area contributed by atoms with Gasteiger partial charge in [0.15, 0.2) is 5.13 Å². The van der Waals surface area contributed by atoms with Gasteiger partial charge in [0, 0.05) is 36.3 Å². The number of morpholine rings is 1. The highest BCUT2D eigenvalue weighted by atomic mass is 32.1. The number of aliphatic imine (C=N–C) groups is 1. The first-order chi connectivity index (χ1) is 16.0. The smallest absolute Gasteiger partial charge is 0.252 e. The Kier molecular flexibility index (Phi) is 5.92. The van der Waals surface area contributed by atoms with E-state index in [0.717, 1.165) is 49.0 Å². The molecule has 1 aromatic carbocycles. The van der Waals surface area contributed by atoms with Gasteiger partial charge < -0.3 is 9.64 Å². The number of hydrogen-bond donors (Lipinski definition) is 1. The van der Waals surface area contributed by atoms with E-state index in [1.807, 2.05) is 36.4 Å². The quantitative estimate of drug-likeness (QED) is 0.734. The zero-order chi connectivity index (χ0) is 22.8. The van der Waals surface area contributed by atoms with Gasteiger partial charge in [-0.3, -0.25) is 19.8 Å². The summed E-state index contributed by atoms with van der Waals surface area (Å²) in [5.41, 5.74) is 0.795. The van der Waals surface area contributed by atoms with E-state index in [1.54, 1.807) is 30.2 Å². The third-order valence-electron chi connectivity index (χ3n) is 6.03. The highest BCUT2D eigenvalue weighted by Crippen LogP contribution is 2.34. The maximum atomic E-state index is 13.5.